The summed E-state index contributed by atoms with van der Waals surface area (Å²) < 4.78 is 6.82. The molecule has 0 fully saturated rings. The maximum Gasteiger partial charge on any atom is 0.325 e. The first kappa shape index (κ1) is 20.1. The highest BCUT2D eigenvalue weighted by molar-refractivity contribution is 9.10. The maximum absolute atomic E-state index is 10.3. The van der Waals surface area contributed by atoms with Gasteiger partial charge in [0, 0.05) is 25.6 Å². The molecule has 0 saturated carbocycles. The zero-order valence-electron chi connectivity index (χ0n) is 14.0. The van der Waals surface area contributed by atoms with Gasteiger partial charge in [-0.2, -0.15) is 0 Å². The van der Waals surface area contributed by atoms with Gasteiger partial charge in [-0.15, -0.1) is 0 Å². The minimum atomic E-state index is -0.994. The molecule has 0 aliphatic heterocycles. The number of hydrogen-bond donors (Lipinski definition) is 2. The Morgan fingerprint density at radius 1 is 1.19 bits per heavy atom. The van der Waals surface area contributed by atoms with Gasteiger partial charge >= 0.3 is 5.97 Å². The van der Waals surface area contributed by atoms with E-state index in [0.717, 1.165) is 25.6 Å². The Morgan fingerprint density at radius 3 is 2.50 bits per heavy atom. The number of aryl methyl sites for hydroxylation is 1. The van der Waals surface area contributed by atoms with Crippen molar-refractivity contribution in [3.05, 3.63) is 56.6 Å². The fourth-order valence-corrected chi connectivity index (χ4v) is 2.81. The molecule has 26 heavy (non-hydrogen) atoms. The molecule has 2 aromatic carbocycles. The van der Waals surface area contributed by atoms with Crippen LogP contribution in [0.25, 0.3) is 11.0 Å². The molecule has 0 aliphatic rings. The van der Waals surface area contributed by atoms with E-state index in [4.69, 9.17) is 9.63 Å². The van der Waals surface area contributed by atoms with Gasteiger partial charge in [0.15, 0.2) is 5.58 Å². The summed E-state index contributed by atoms with van der Waals surface area (Å²) in [6.07, 6.45) is 0. The van der Waals surface area contributed by atoms with Crippen molar-refractivity contribution < 1.29 is 19.5 Å². The number of aromatic nitrogens is 1. The summed E-state index contributed by atoms with van der Waals surface area (Å²) in [5, 5.41) is 22.9. The summed E-state index contributed by atoms with van der Waals surface area (Å²) in [5.41, 5.74) is 2.81. The van der Waals surface area contributed by atoms with Crippen LogP contribution in [0.5, 0.6) is 5.75 Å². The zero-order valence-corrected chi connectivity index (χ0v) is 17.2. The van der Waals surface area contributed by atoms with Crippen LogP contribution in [0.3, 0.4) is 0 Å². The second kappa shape index (κ2) is 8.95. The molecule has 0 spiro atoms. The quantitative estimate of drug-likeness (QED) is 0.514. The second-order valence-electron chi connectivity index (χ2n) is 5.37. The van der Waals surface area contributed by atoms with Crippen LogP contribution in [-0.2, 0) is 4.79 Å². The van der Waals surface area contributed by atoms with E-state index >= 15 is 0 Å². The minimum Gasteiger partial charge on any atom is -0.507 e. The fourth-order valence-electron chi connectivity index (χ4n) is 2.12. The Bertz CT molecular complexity index is 967. The zero-order chi connectivity index (χ0) is 19.3. The smallest absolute Gasteiger partial charge is 0.325 e. The molecule has 8 heteroatoms. The van der Waals surface area contributed by atoms with Crippen LogP contribution in [-0.4, -0.2) is 33.6 Å². The first-order valence-electron chi connectivity index (χ1n) is 7.51. The number of rotatable bonds is 3. The average molecular weight is 484 g/mol. The third-order valence-electron chi connectivity index (χ3n) is 3.42. The summed E-state index contributed by atoms with van der Waals surface area (Å²) in [5.74, 6) is -0.915. The number of hydrogen-bond acceptors (Lipinski definition) is 5. The number of carbonyl (C=O) groups is 1. The maximum atomic E-state index is 10.3. The average Bonchev–Trinajstić information content (AvgIpc) is 2.93. The number of halogens is 2. The Hall–Kier alpha value is -2.19. The number of aliphatic carboxylic acids is 1. The lowest BCUT2D eigenvalue weighted by Gasteiger charge is -2.03. The Kier molecular flexibility index (Phi) is 6.93. The molecule has 2 N–H and O–H groups in total. The van der Waals surface area contributed by atoms with E-state index in [-0.39, 0.29) is 12.3 Å². The van der Waals surface area contributed by atoms with Gasteiger partial charge in [-0.25, -0.2) is 0 Å². The van der Waals surface area contributed by atoms with Crippen molar-refractivity contribution in [2.75, 3.05) is 6.54 Å². The van der Waals surface area contributed by atoms with E-state index in [2.05, 4.69) is 42.0 Å². The predicted molar refractivity (Wildman–Crippen MR) is 107 cm³/mol. The Morgan fingerprint density at radius 2 is 1.85 bits per heavy atom. The summed E-state index contributed by atoms with van der Waals surface area (Å²) in [6, 6.07) is 10.9. The van der Waals surface area contributed by atoms with Crippen molar-refractivity contribution >= 4 is 54.5 Å². The normalized spacial score (nSPS) is 11.2. The van der Waals surface area contributed by atoms with Crippen LogP contribution in [0.2, 0.25) is 0 Å². The van der Waals surface area contributed by atoms with E-state index in [1.54, 1.807) is 19.1 Å². The van der Waals surface area contributed by atoms with Crippen molar-refractivity contribution in [1.82, 2.24) is 5.16 Å². The van der Waals surface area contributed by atoms with Gasteiger partial charge in [0.25, 0.3) is 0 Å². The van der Waals surface area contributed by atoms with Gasteiger partial charge in [0.2, 0.25) is 0 Å². The van der Waals surface area contributed by atoms with Crippen molar-refractivity contribution in [1.29, 1.82) is 0 Å². The Labute approximate surface area is 166 Å². The molecule has 1 heterocycles. The highest BCUT2D eigenvalue weighted by Gasteiger charge is 2.05. The largest absolute Gasteiger partial charge is 0.507 e. The lowest BCUT2D eigenvalue weighted by Crippen LogP contribution is -2.04. The number of phenolic OH excluding ortho intramolecular Hbond substituents is 1. The summed E-state index contributed by atoms with van der Waals surface area (Å²) in [6.45, 7) is 3.30. The topological polar surface area (TPSA) is 95.9 Å². The fraction of sp³-hybridized carbons (Fsp3) is 0.167. The number of aromatic hydroxyl groups is 1. The molecule has 3 aromatic rings. The first-order valence-corrected chi connectivity index (χ1v) is 9.10. The third-order valence-corrected chi connectivity index (χ3v) is 4.40. The summed E-state index contributed by atoms with van der Waals surface area (Å²) in [7, 11) is 0. The first-order chi connectivity index (χ1) is 12.3. The molecule has 0 aliphatic carbocycles. The predicted octanol–water partition coefficient (Wildman–Crippen LogP) is 4.95. The molecule has 136 valence electrons. The van der Waals surface area contributed by atoms with Gasteiger partial charge in [0.05, 0.1) is 5.69 Å². The van der Waals surface area contributed by atoms with Gasteiger partial charge in [-0.1, -0.05) is 37.0 Å². The van der Waals surface area contributed by atoms with Crippen LogP contribution in [0.1, 0.15) is 18.2 Å². The lowest BCUT2D eigenvalue weighted by molar-refractivity contribution is -0.135. The van der Waals surface area contributed by atoms with E-state index in [1.165, 1.54) is 6.07 Å². The number of phenols is 1. The van der Waals surface area contributed by atoms with E-state index in [1.807, 2.05) is 25.1 Å². The van der Waals surface area contributed by atoms with Crippen LogP contribution in [0, 0.1) is 6.92 Å². The standard InChI is InChI=1S/C10H10BrNO3.C8H6BrNO/c1-6(12-5-10(14)15)8-3-2-7(11)4-9(8)13;1-5-7-3-2-6(9)4-8(7)11-10-5/h2-4,13H,5H2,1H3,(H,14,15);2-4H,1H3. The van der Waals surface area contributed by atoms with Gasteiger partial charge in [-0.3, -0.25) is 9.79 Å². The van der Waals surface area contributed by atoms with Crippen LogP contribution >= 0.6 is 31.9 Å². The molecule has 0 saturated heterocycles. The van der Waals surface area contributed by atoms with Gasteiger partial charge in [0.1, 0.15) is 12.3 Å². The van der Waals surface area contributed by atoms with Gasteiger partial charge < -0.3 is 14.7 Å². The van der Waals surface area contributed by atoms with Crippen molar-refractivity contribution in [3.63, 3.8) is 0 Å². The molecule has 0 atom stereocenters. The number of nitrogens with zero attached hydrogens (tertiary/aromatic N) is 2. The number of aliphatic imine (C=N–C) groups is 1. The lowest BCUT2D eigenvalue weighted by atomic mass is 10.1. The number of carboxylic acids is 1. The third kappa shape index (κ3) is 5.40. The molecule has 0 radical (unpaired) electrons. The van der Waals surface area contributed by atoms with E-state index in [9.17, 15) is 9.90 Å². The molecule has 0 unspecified atom stereocenters. The van der Waals surface area contributed by atoms with Crippen LogP contribution in [0.4, 0.5) is 0 Å². The molecule has 3 rings (SSSR count). The SMILES string of the molecule is CC(=NCC(=O)O)c1ccc(Br)cc1O.Cc1noc2cc(Br)ccc12. The summed E-state index contributed by atoms with van der Waals surface area (Å²) >= 11 is 6.57. The van der Waals surface area contributed by atoms with Crippen molar-refractivity contribution in [2.24, 2.45) is 4.99 Å². The van der Waals surface area contributed by atoms with Gasteiger partial charge in [-0.05, 0) is 50.2 Å². The molecule has 0 amide bonds. The molecule has 6 nitrogen and oxygen atoms in total. The molecule has 0 bridgehead atoms. The van der Waals surface area contributed by atoms with Crippen LogP contribution < -0.4 is 0 Å². The molecule has 1 aromatic heterocycles. The Balaban J connectivity index is 0.000000195. The molecular weight excluding hydrogens is 468 g/mol. The van der Waals surface area contributed by atoms with E-state index < -0.39 is 5.97 Å². The highest BCUT2D eigenvalue weighted by atomic mass is 79.9. The highest BCUT2D eigenvalue weighted by Crippen LogP contribution is 2.23. The minimum absolute atomic E-state index is 0.0796. The number of fused-ring (bicyclic) bond motifs is 1. The second-order valence-corrected chi connectivity index (χ2v) is 7.20. The van der Waals surface area contributed by atoms with Crippen molar-refractivity contribution in [2.45, 2.75) is 13.8 Å². The monoisotopic (exact) mass is 482 g/mol. The number of benzene rings is 2. The number of carboxylic acid groups (broad SMARTS) is 1. The molecular formula is C18H16Br2N2O4. The summed E-state index contributed by atoms with van der Waals surface area (Å²) in [4.78, 5) is 14.1. The van der Waals surface area contributed by atoms with Crippen molar-refractivity contribution in [3.8, 4) is 5.75 Å². The van der Waals surface area contributed by atoms with E-state index in [0.29, 0.717) is 11.3 Å². The van der Waals surface area contributed by atoms with Crippen LogP contribution in [0.15, 0.2) is 54.9 Å².